The van der Waals surface area contributed by atoms with E-state index < -0.39 is 0 Å². The van der Waals surface area contributed by atoms with Crippen molar-refractivity contribution in [1.29, 1.82) is 0 Å². The molecule has 3 rings (SSSR count). The zero-order valence-electron chi connectivity index (χ0n) is 13.5. The van der Waals surface area contributed by atoms with Gasteiger partial charge in [-0.15, -0.1) is 5.10 Å². The van der Waals surface area contributed by atoms with Crippen LogP contribution in [0.5, 0.6) is 0 Å². The number of aryl methyl sites for hydroxylation is 3. The summed E-state index contributed by atoms with van der Waals surface area (Å²) in [7, 11) is 1.53. The number of aromatic nitrogens is 5. The highest BCUT2D eigenvalue weighted by Crippen LogP contribution is 2.21. The summed E-state index contributed by atoms with van der Waals surface area (Å²) >= 11 is 0. The minimum absolute atomic E-state index is 0.128. The van der Waals surface area contributed by atoms with Gasteiger partial charge < -0.3 is 9.47 Å². The second-order valence-corrected chi connectivity index (χ2v) is 6.01. The highest BCUT2D eigenvalue weighted by atomic mass is 16.2. The smallest absolute Gasteiger partial charge is 0.335 e. The van der Waals surface area contributed by atoms with E-state index in [0.29, 0.717) is 6.54 Å². The van der Waals surface area contributed by atoms with Crippen LogP contribution in [-0.4, -0.2) is 47.7 Å². The topological polar surface area (TPSA) is 88.8 Å². The maximum Gasteiger partial charge on any atom is 0.343 e. The Kier molecular flexibility index (Phi) is 4.31. The molecule has 0 saturated carbocycles. The molecule has 0 aliphatic carbocycles. The van der Waals surface area contributed by atoms with E-state index in [9.17, 15) is 9.59 Å². The monoisotopic (exact) mass is 318 g/mol. The molecule has 0 aromatic carbocycles. The number of amides is 1. The number of piperidine rings is 1. The summed E-state index contributed by atoms with van der Waals surface area (Å²) in [4.78, 5) is 32.8. The molecule has 1 aliphatic heterocycles. The summed E-state index contributed by atoms with van der Waals surface area (Å²) in [6.07, 6.45) is 7.72. The summed E-state index contributed by atoms with van der Waals surface area (Å²) in [5, 5.41) is 3.99. The van der Waals surface area contributed by atoms with E-state index in [4.69, 9.17) is 0 Å². The first-order chi connectivity index (χ1) is 11.1. The van der Waals surface area contributed by atoms with Crippen molar-refractivity contribution in [3.05, 3.63) is 34.5 Å². The van der Waals surface area contributed by atoms with Gasteiger partial charge >= 0.3 is 5.69 Å². The Bertz CT molecular complexity index is 743. The predicted molar refractivity (Wildman–Crippen MR) is 84.1 cm³/mol. The molecule has 1 aliphatic rings. The van der Waals surface area contributed by atoms with Gasteiger partial charge in [0.15, 0.2) is 0 Å². The molecule has 2 aromatic rings. The number of rotatable bonds is 4. The second-order valence-electron chi connectivity index (χ2n) is 6.01. The molecule has 0 bridgehead atoms. The van der Waals surface area contributed by atoms with Crippen LogP contribution in [0.4, 0.5) is 0 Å². The van der Waals surface area contributed by atoms with E-state index >= 15 is 0 Å². The van der Waals surface area contributed by atoms with Gasteiger partial charge in [-0.1, -0.05) is 0 Å². The molecular formula is C15H22N6O2. The first-order valence-corrected chi connectivity index (χ1v) is 7.98. The van der Waals surface area contributed by atoms with Gasteiger partial charge in [0.1, 0.15) is 5.82 Å². The van der Waals surface area contributed by atoms with E-state index in [0.717, 1.165) is 42.7 Å². The summed E-state index contributed by atoms with van der Waals surface area (Å²) < 4.78 is 3.25. The fourth-order valence-electron chi connectivity index (χ4n) is 3.13. The lowest BCUT2D eigenvalue weighted by Gasteiger charge is -2.35. The van der Waals surface area contributed by atoms with Gasteiger partial charge in [0.25, 0.3) is 5.91 Å². The zero-order valence-corrected chi connectivity index (χ0v) is 13.5. The van der Waals surface area contributed by atoms with Crippen LogP contribution in [0.25, 0.3) is 0 Å². The molecule has 23 heavy (non-hydrogen) atoms. The average molecular weight is 318 g/mol. The van der Waals surface area contributed by atoms with Crippen molar-refractivity contribution in [1.82, 2.24) is 29.2 Å². The zero-order chi connectivity index (χ0) is 16.4. The summed E-state index contributed by atoms with van der Waals surface area (Å²) in [5.74, 6) is 0.922. The second kappa shape index (κ2) is 6.39. The average Bonchev–Trinajstić information content (AvgIpc) is 3.11. The molecule has 3 heterocycles. The van der Waals surface area contributed by atoms with Crippen LogP contribution in [0.15, 0.2) is 17.2 Å². The lowest BCUT2D eigenvalue weighted by molar-refractivity contribution is 0.0582. The maximum absolute atomic E-state index is 12.7. The van der Waals surface area contributed by atoms with Crippen LogP contribution in [0.3, 0.4) is 0 Å². The lowest BCUT2D eigenvalue weighted by atomic mass is 9.99. The lowest BCUT2D eigenvalue weighted by Crippen LogP contribution is -2.44. The Hall–Kier alpha value is -2.38. The first-order valence-electron chi connectivity index (χ1n) is 7.98. The van der Waals surface area contributed by atoms with Crippen LogP contribution in [0.2, 0.25) is 0 Å². The van der Waals surface area contributed by atoms with Crippen molar-refractivity contribution in [3.8, 4) is 0 Å². The molecule has 0 spiro atoms. The van der Waals surface area contributed by atoms with Gasteiger partial charge in [-0.05, 0) is 32.6 Å². The van der Waals surface area contributed by atoms with Crippen LogP contribution >= 0.6 is 0 Å². The molecule has 1 saturated heterocycles. The number of carbonyl (C=O) groups is 1. The molecule has 1 N–H and O–H groups in total. The molecule has 1 atom stereocenters. The van der Waals surface area contributed by atoms with E-state index in [1.807, 2.05) is 18.0 Å². The number of aromatic amines is 1. The quantitative estimate of drug-likeness (QED) is 0.898. The summed E-state index contributed by atoms with van der Waals surface area (Å²) in [6.45, 7) is 3.52. The predicted octanol–water partition coefficient (Wildman–Crippen LogP) is 0.698. The molecule has 124 valence electrons. The number of carbonyl (C=O) groups excluding carboxylic acids is 1. The Balaban J connectivity index is 1.72. The number of hydrogen-bond donors (Lipinski definition) is 1. The fraction of sp³-hybridized carbons (Fsp3) is 0.600. The highest BCUT2D eigenvalue weighted by Gasteiger charge is 2.29. The van der Waals surface area contributed by atoms with Crippen molar-refractivity contribution in [3.63, 3.8) is 0 Å². The van der Waals surface area contributed by atoms with Crippen molar-refractivity contribution in [2.75, 3.05) is 6.54 Å². The third kappa shape index (κ3) is 3.20. The number of nitrogens with zero attached hydrogens (tertiary/aromatic N) is 5. The van der Waals surface area contributed by atoms with Crippen molar-refractivity contribution in [2.24, 2.45) is 7.05 Å². The Morgan fingerprint density at radius 3 is 2.91 bits per heavy atom. The van der Waals surface area contributed by atoms with Gasteiger partial charge in [0, 0.05) is 38.6 Å². The van der Waals surface area contributed by atoms with Crippen LogP contribution < -0.4 is 5.69 Å². The van der Waals surface area contributed by atoms with Gasteiger partial charge in [0.2, 0.25) is 5.82 Å². The van der Waals surface area contributed by atoms with Crippen LogP contribution in [0.1, 0.15) is 42.1 Å². The molecule has 1 fully saturated rings. The van der Waals surface area contributed by atoms with Crippen LogP contribution in [0, 0.1) is 6.92 Å². The van der Waals surface area contributed by atoms with Crippen LogP contribution in [-0.2, 0) is 13.6 Å². The minimum atomic E-state index is -0.365. The molecule has 8 heteroatoms. The molecule has 8 nitrogen and oxygen atoms in total. The van der Waals surface area contributed by atoms with Crippen molar-refractivity contribution >= 4 is 5.91 Å². The first kappa shape index (κ1) is 15.5. The number of H-pyrrole nitrogens is 1. The van der Waals surface area contributed by atoms with E-state index in [2.05, 4.69) is 19.6 Å². The van der Waals surface area contributed by atoms with Gasteiger partial charge in [-0.25, -0.2) is 14.5 Å². The molecular weight excluding hydrogens is 296 g/mol. The van der Waals surface area contributed by atoms with Gasteiger partial charge in [-0.2, -0.15) is 0 Å². The number of likely N-dealkylation sites (tertiary alicyclic amines) is 1. The molecule has 1 amide bonds. The third-order valence-electron chi connectivity index (χ3n) is 4.49. The van der Waals surface area contributed by atoms with E-state index in [1.54, 1.807) is 6.20 Å². The normalized spacial score (nSPS) is 18.3. The minimum Gasteiger partial charge on any atom is -0.335 e. The number of nitrogens with one attached hydrogen (secondary N) is 1. The largest absolute Gasteiger partial charge is 0.343 e. The molecule has 2 aromatic heterocycles. The fourth-order valence-corrected chi connectivity index (χ4v) is 3.13. The van der Waals surface area contributed by atoms with Crippen molar-refractivity contribution in [2.45, 2.75) is 45.2 Å². The maximum atomic E-state index is 12.7. The Morgan fingerprint density at radius 1 is 1.43 bits per heavy atom. The Morgan fingerprint density at radius 2 is 2.26 bits per heavy atom. The SMILES string of the molecule is Cc1nccn1CCC1CCCCN1C(=O)c1nn(C)c(=O)[nH]1. The number of hydrogen-bond acceptors (Lipinski definition) is 4. The Labute approximate surface area is 134 Å². The highest BCUT2D eigenvalue weighted by molar-refractivity contribution is 5.90. The summed E-state index contributed by atoms with van der Waals surface area (Å²) in [5.41, 5.74) is -0.365. The molecule has 0 radical (unpaired) electrons. The standard InChI is InChI=1S/C15H22N6O2/c1-11-16-7-10-20(11)9-6-12-5-3-4-8-21(12)14(22)13-17-15(23)19(2)18-13/h7,10,12H,3-6,8-9H2,1-2H3,(H,17,18,23). The van der Waals surface area contributed by atoms with Gasteiger partial charge in [-0.3, -0.25) is 9.78 Å². The van der Waals surface area contributed by atoms with Crippen molar-refractivity contribution < 1.29 is 4.79 Å². The van der Waals surface area contributed by atoms with Gasteiger partial charge in [0.05, 0.1) is 0 Å². The molecule has 1 unspecified atom stereocenters. The van der Waals surface area contributed by atoms with E-state index in [1.165, 1.54) is 7.05 Å². The number of imidazole rings is 1. The third-order valence-corrected chi connectivity index (χ3v) is 4.49. The summed E-state index contributed by atoms with van der Waals surface area (Å²) in [6, 6.07) is 0.170. The van der Waals surface area contributed by atoms with E-state index in [-0.39, 0.29) is 23.5 Å².